The Hall–Kier alpha value is -2.27. The largest absolute Gasteiger partial charge is 0.334 e. The van der Waals surface area contributed by atoms with Gasteiger partial charge >= 0.3 is 0 Å². The Morgan fingerprint density at radius 1 is 1.05 bits per heavy atom. The number of fused-ring (bicyclic) bond motifs is 1. The van der Waals surface area contributed by atoms with Gasteiger partial charge in [-0.2, -0.15) is 4.98 Å². The standard InChI is InChI=1S/C17H16FN3O/c18-14-8-7-13(11-5-1-2-6-12(11)14)15-20-16(21-22-15)17(19)9-3-4-10-17/h1-2,5-8H,3-4,9-10,19H2. The van der Waals surface area contributed by atoms with E-state index in [9.17, 15) is 4.39 Å². The maximum Gasteiger partial charge on any atom is 0.258 e. The Balaban J connectivity index is 1.83. The minimum atomic E-state index is -0.489. The fraction of sp³-hybridized carbons (Fsp3) is 0.294. The predicted octanol–water partition coefficient (Wildman–Crippen LogP) is 3.76. The van der Waals surface area contributed by atoms with E-state index in [1.807, 2.05) is 18.2 Å². The molecule has 3 aromatic rings. The number of rotatable bonds is 2. The van der Waals surface area contributed by atoms with E-state index >= 15 is 0 Å². The van der Waals surface area contributed by atoms with Gasteiger partial charge in [-0.15, -0.1) is 0 Å². The minimum Gasteiger partial charge on any atom is -0.334 e. The van der Waals surface area contributed by atoms with Crippen LogP contribution in [0.4, 0.5) is 4.39 Å². The molecule has 4 nitrogen and oxygen atoms in total. The van der Waals surface area contributed by atoms with Crippen LogP contribution in [0.25, 0.3) is 22.2 Å². The van der Waals surface area contributed by atoms with Gasteiger partial charge in [-0.3, -0.25) is 0 Å². The molecular formula is C17H16FN3O. The number of halogens is 1. The first-order valence-electron chi connectivity index (χ1n) is 7.48. The van der Waals surface area contributed by atoms with E-state index in [1.165, 1.54) is 6.07 Å². The first-order chi connectivity index (χ1) is 10.7. The van der Waals surface area contributed by atoms with E-state index in [2.05, 4.69) is 10.1 Å². The molecule has 0 unspecified atom stereocenters. The van der Waals surface area contributed by atoms with E-state index in [4.69, 9.17) is 10.3 Å². The van der Waals surface area contributed by atoms with E-state index in [-0.39, 0.29) is 5.82 Å². The molecular weight excluding hydrogens is 281 g/mol. The third-order valence-electron chi connectivity index (χ3n) is 4.47. The molecule has 4 rings (SSSR count). The predicted molar refractivity (Wildman–Crippen MR) is 81.5 cm³/mol. The Bertz CT molecular complexity index is 837. The van der Waals surface area contributed by atoms with E-state index in [1.54, 1.807) is 12.1 Å². The summed E-state index contributed by atoms with van der Waals surface area (Å²) in [5.74, 6) is 0.682. The fourth-order valence-corrected chi connectivity index (χ4v) is 3.21. The molecule has 1 aliphatic carbocycles. The molecule has 0 saturated heterocycles. The van der Waals surface area contributed by atoms with Crippen LogP contribution in [0, 0.1) is 5.82 Å². The third-order valence-corrected chi connectivity index (χ3v) is 4.47. The van der Waals surface area contributed by atoms with Gasteiger partial charge in [0.05, 0.1) is 5.54 Å². The highest BCUT2D eigenvalue weighted by Crippen LogP contribution is 2.36. The summed E-state index contributed by atoms with van der Waals surface area (Å²) in [6.45, 7) is 0. The van der Waals surface area contributed by atoms with E-state index in [0.29, 0.717) is 17.1 Å². The van der Waals surface area contributed by atoms with Crippen LogP contribution in [0.5, 0.6) is 0 Å². The van der Waals surface area contributed by atoms with Crippen molar-refractivity contribution in [3.8, 4) is 11.5 Å². The summed E-state index contributed by atoms with van der Waals surface area (Å²) in [7, 11) is 0. The molecule has 0 amide bonds. The second-order valence-electron chi connectivity index (χ2n) is 5.93. The molecule has 2 N–H and O–H groups in total. The Kier molecular flexibility index (Phi) is 2.97. The molecule has 1 saturated carbocycles. The molecule has 2 aromatic carbocycles. The lowest BCUT2D eigenvalue weighted by Gasteiger charge is -2.17. The van der Waals surface area contributed by atoms with E-state index in [0.717, 1.165) is 36.6 Å². The normalized spacial score (nSPS) is 17.2. The molecule has 0 aliphatic heterocycles. The molecule has 0 spiro atoms. The van der Waals surface area contributed by atoms with Gasteiger partial charge in [-0.25, -0.2) is 4.39 Å². The van der Waals surface area contributed by atoms with Crippen LogP contribution in [0.2, 0.25) is 0 Å². The zero-order valence-electron chi connectivity index (χ0n) is 12.1. The quantitative estimate of drug-likeness (QED) is 0.782. The summed E-state index contributed by atoms with van der Waals surface area (Å²) < 4.78 is 19.3. The van der Waals surface area contributed by atoms with Crippen LogP contribution >= 0.6 is 0 Å². The van der Waals surface area contributed by atoms with Crippen LogP contribution in [0.1, 0.15) is 31.5 Å². The molecule has 112 valence electrons. The highest BCUT2D eigenvalue weighted by molar-refractivity contribution is 5.95. The molecule has 1 fully saturated rings. The van der Waals surface area contributed by atoms with Crippen molar-refractivity contribution < 1.29 is 8.91 Å². The summed E-state index contributed by atoms with van der Waals surface area (Å²) in [5.41, 5.74) is 6.61. The first kappa shape index (κ1) is 13.4. The van der Waals surface area contributed by atoms with Crippen molar-refractivity contribution in [1.82, 2.24) is 10.1 Å². The molecule has 5 heteroatoms. The summed E-state index contributed by atoms with van der Waals surface area (Å²) in [4.78, 5) is 4.49. The van der Waals surface area contributed by atoms with Crippen LogP contribution in [-0.4, -0.2) is 10.1 Å². The highest BCUT2D eigenvalue weighted by Gasteiger charge is 2.36. The number of nitrogens with two attached hydrogens (primary N) is 1. The molecule has 1 aromatic heterocycles. The van der Waals surface area contributed by atoms with Crippen LogP contribution < -0.4 is 5.73 Å². The van der Waals surface area contributed by atoms with Gasteiger partial charge in [0.1, 0.15) is 5.82 Å². The van der Waals surface area contributed by atoms with Crippen molar-refractivity contribution in [2.45, 2.75) is 31.2 Å². The smallest absolute Gasteiger partial charge is 0.258 e. The Morgan fingerprint density at radius 3 is 2.55 bits per heavy atom. The molecule has 0 bridgehead atoms. The molecule has 0 atom stereocenters. The topological polar surface area (TPSA) is 64.9 Å². The minimum absolute atomic E-state index is 0.259. The summed E-state index contributed by atoms with van der Waals surface area (Å²) in [6, 6.07) is 10.4. The number of aromatic nitrogens is 2. The van der Waals surface area contributed by atoms with Crippen LogP contribution in [-0.2, 0) is 5.54 Å². The van der Waals surface area contributed by atoms with Gasteiger partial charge in [-0.1, -0.05) is 42.3 Å². The lowest BCUT2D eigenvalue weighted by Crippen LogP contribution is -2.34. The van der Waals surface area contributed by atoms with Crippen LogP contribution in [0.15, 0.2) is 40.9 Å². The summed E-state index contributed by atoms with van der Waals surface area (Å²) >= 11 is 0. The van der Waals surface area contributed by atoms with Crippen molar-refractivity contribution >= 4 is 10.8 Å². The Morgan fingerprint density at radius 2 is 1.77 bits per heavy atom. The summed E-state index contributed by atoms with van der Waals surface area (Å²) in [6.07, 6.45) is 3.91. The lowest BCUT2D eigenvalue weighted by atomic mass is 9.98. The Labute approximate surface area is 127 Å². The first-order valence-corrected chi connectivity index (χ1v) is 7.48. The number of hydrogen-bond donors (Lipinski definition) is 1. The lowest BCUT2D eigenvalue weighted by molar-refractivity contribution is 0.373. The zero-order chi connectivity index (χ0) is 15.2. The molecule has 1 aliphatic rings. The van der Waals surface area contributed by atoms with Crippen molar-refractivity contribution in [2.75, 3.05) is 0 Å². The second-order valence-corrected chi connectivity index (χ2v) is 5.93. The monoisotopic (exact) mass is 297 g/mol. The van der Waals surface area contributed by atoms with E-state index < -0.39 is 5.54 Å². The average molecular weight is 297 g/mol. The van der Waals surface area contributed by atoms with Crippen molar-refractivity contribution in [1.29, 1.82) is 0 Å². The number of hydrogen-bond acceptors (Lipinski definition) is 4. The number of benzene rings is 2. The molecule has 1 heterocycles. The molecule has 22 heavy (non-hydrogen) atoms. The van der Waals surface area contributed by atoms with Gasteiger partial charge in [0.2, 0.25) is 0 Å². The van der Waals surface area contributed by atoms with Crippen molar-refractivity contribution in [3.05, 3.63) is 48.0 Å². The average Bonchev–Trinajstić information content (AvgIpc) is 3.18. The van der Waals surface area contributed by atoms with Crippen molar-refractivity contribution in [2.24, 2.45) is 5.73 Å². The maximum absolute atomic E-state index is 13.9. The maximum atomic E-state index is 13.9. The van der Waals surface area contributed by atoms with Gasteiger partial charge in [0.25, 0.3) is 5.89 Å². The van der Waals surface area contributed by atoms with Gasteiger partial charge < -0.3 is 10.3 Å². The number of nitrogens with zero attached hydrogens (tertiary/aromatic N) is 2. The van der Waals surface area contributed by atoms with Gasteiger partial charge in [0.15, 0.2) is 5.82 Å². The highest BCUT2D eigenvalue weighted by atomic mass is 19.1. The van der Waals surface area contributed by atoms with Gasteiger partial charge in [0, 0.05) is 10.9 Å². The fourth-order valence-electron chi connectivity index (χ4n) is 3.21. The molecule has 0 radical (unpaired) electrons. The zero-order valence-corrected chi connectivity index (χ0v) is 12.1. The van der Waals surface area contributed by atoms with Crippen LogP contribution in [0.3, 0.4) is 0 Å². The SMILES string of the molecule is NC1(c2noc(-c3ccc(F)c4ccccc34)n2)CCCC1. The second kappa shape index (κ2) is 4.88. The van der Waals surface area contributed by atoms with Gasteiger partial charge in [-0.05, 0) is 30.4 Å². The van der Waals surface area contributed by atoms with Crippen molar-refractivity contribution in [3.63, 3.8) is 0 Å². The third kappa shape index (κ3) is 2.01. The summed E-state index contributed by atoms with van der Waals surface area (Å²) in [5, 5.41) is 5.37.